The van der Waals surface area contributed by atoms with Crippen LogP contribution in [0.3, 0.4) is 0 Å². The molecule has 1 aliphatic heterocycles. The minimum atomic E-state index is -1.32. The number of benzene rings is 1. The molecule has 0 atom stereocenters. The maximum Gasteiger partial charge on any atom is 0.341 e. The van der Waals surface area contributed by atoms with E-state index in [1.807, 2.05) is 4.90 Å². The molecule has 1 aliphatic carbocycles. The Morgan fingerprint density at radius 1 is 1.32 bits per heavy atom. The molecule has 1 saturated carbocycles. The number of rotatable bonds is 3. The van der Waals surface area contributed by atoms with E-state index in [1.165, 1.54) is 6.20 Å². The van der Waals surface area contributed by atoms with Crippen LogP contribution in [-0.2, 0) is 0 Å². The lowest BCUT2D eigenvalue weighted by molar-refractivity contribution is 0.0695. The van der Waals surface area contributed by atoms with Crippen molar-refractivity contribution in [1.82, 2.24) is 9.88 Å². The highest BCUT2D eigenvalue weighted by atomic mass is 35.5. The van der Waals surface area contributed by atoms with Crippen molar-refractivity contribution in [2.75, 3.05) is 31.1 Å². The van der Waals surface area contributed by atoms with E-state index in [1.54, 1.807) is 4.57 Å². The van der Waals surface area contributed by atoms with Crippen molar-refractivity contribution >= 4 is 34.2 Å². The molecule has 2 aromatic rings. The summed E-state index contributed by atoms with van der Waals surface area (Å²) in [5.74, 6) is -1.91. The zero-order valence-corrected chi connectivity index (χ0v) is 14.1. The Balaban J connectivity index is 2.02. The fourth-order valence-electron chi connectivity index (χ4n) is 3.40. The number of carbonyl (C=O) groups is 1. The van der Waals surface area contributed by atoms with E-state index in [0.29, 0.717) is 18.6 Å². The molecule has 8 heteroatoms. The average molecular weight is 366 g/mol. The van der Waals surface area contributed by atoms with Gasteiger partial charge in [-0.3, -0.25) is 4.79 Å². The monoisotopic (exact) mass is 365 g/mol. The van der Waals surface area contributed by atoms with E-state index in [0.717, 1.165) is 32.0 Å². The number of carboxylic acid groups (broad SMARTS) is 1. The molecule has 2 fully saturated rings. The first-order valence-corrected chi connectivity index (χ1v) is 8.62. The van der Waals surface area contributed by atoms with Gasteiger partial charge in [0.1, 0.15) is 11.4 Å². The Morgan fingerprint density at radius 3 is 2.60 bits per heavy atom. The molecule has 1 aromatic heterocycles. The quantitative estimate of drug-likeness (QED) is 0.872. The number of fused-ring (bicyclic) bond motifs is 1. The third kappa shape index (κ3) is 2.67. The summed E-state index contributed by atoms with van der Waals surface area (Å²) in [6.07, 6.45) is 3.11. The summed E-state index contributed by atoms with van der Waals surface area (Å²) in [5.41, 5.74) is -0.349. The second kappa shape index (κ2) is 6.00. The topological polar surface area (TPSA) is 74.6 Å². The number of pyridine rings is 1. The van der Waals surface area contributed by atoms with Gasteiger partial charge in [-0.05, 0) is 18.9 Å². The van der Waals surface area contributed by atoms with Crippen LogP contribution in [0.1, 0.15) is 29.2 Å². The van der Waals surface area contributed by atoms with Crippen LogP contribution in [0.5, 0.6) is 0 Å². The molecule has 1 saturated heterocycles. The van der Waals surface area contributed by atoms with Gasteiger partial charge in [0.05, 0.1) is 21.6 Å². The minimum absolute atomic E-state index is 0.0215. The highest BCUT2D eigenvalue weighted by Gasteiger charge is 2.30. The van der Waals surface area contributed by atoms with Gasteiger partial charge in [-0.15, -0.1) is 0 Å². The van der Waals surface area contributed by atoms with Crippen LogP contribution in [0.15, 0.2) is 17.1 Å². The maximum atomic E-state index is 14.8. The van der Waals surface area contributed by atoms with Gasteiger partial charge >= 0.3 is 5.97 Å². The number of piperazine rings is 1. The minimum Gasteiger partial charge on any atom is -0.477 e. The summed E-state index contributed by atoms with van der Waals surface area (Å²) in [6, 6.07) is 1.23. The van der Waals surface area contributed by atoms with Crippen molar-refractivity contribution in [3.63, 3.8) is 0 Å². The molecule has 2 aliphatic rings. The molecule has 25 heavy (non-hydrogen) atoms. The number of halogens is 2. The van der Waals surface area contributed by atoms with Gasteiger partial charge in [-0.25, -0.2) is 9.18 Å². The van der Waals surface area contributed by atoms with Crippen LogP contribution in [0.2, 0.25) is 5.02 Å². The number of carboxylic acids is 1. The van der Waals surface area contributed by atoms with E-state index in [4.69, 9.17) is 11.6 Å². The molecule has 2 N–H and O–H groups in total. The molecule has 0 spiro atoms. The van der Waals surface area contributed by atoms with Crippen molar-refractivity contribution in [3.8, 4) is 0 Å². The average Bonchev–Trinajstić information content (AvgIpc) is 3.41. The highest BCUT2D eigenvalue weighted by molar-refractivity contribution is 6.38. The number of aromatic carboxylic acids is 1. The Bertz CT molecular complexity index is 933. The Labute approximate surface area is 147 Å². The van der Waals surface area contributed by atoms with Crippen LogP contribution in [0.25, 0.3) is 10.9 Å². The predicted octanol–water partition coefficient (Wildman–Crippen LogP) is 2.24. The number of hydrogen-bond acceptors (Lipinski definition) is 4. The standard InChI is InChI=1S/C17H17ClFN3O3/c18-13-14-10(7-12(19)15(13)21-5-3-20-4-6-21)16(23)11(17(24)25)8-22(14)9-1-2-9/h7-9,20H,1-6H2,(H,24,25). The fourth-order valence-corrected chi connectivity index (χ4v) is 3.81. The van der Waals surface area contributed by atoms with E-state index in [2.05, 4.69) is 5.32 Å². The molecule has 0 bridgehead atoms. The molecule has 0 amide bonds. The van der Waals surface area contributed by atoms with Gasteiger partial charge in [0, 0.05) is 38.4 Å². The van der Waals surface area contributed by atoms with Crippen molar-refractivity contribution in [2.24, 2.45) is 0 Å². The molecular formula is C17H17ClFN3O3. The lowest BCUT2D eigenvalue weighted by Crippen LogP contribution is -2.44. The first-order valence-electron chi connectivity index (χ1n) is 8.25. The smallest absolute Gasteiger partial charge is 0.341 e. The van der Waals surface area contributed by atoms with Crippen LogP contribution in [0, 0.1) is 5.82 Å². The van der Waals surface area contributed by atoms with E-state index < -0.39 is 17.2 Å². The van der Waals surface area contributed by atoms with Gasteiger partial charge < -0.3 is 19.9 Å². The Hall–Kier alpha value is -2.12. The third-order valence-corrected chi connectivity index (χ3v) is 5.15. The molecule has 6 nitrogen and oxygen atoms in total. The van der Waals surface area contributed by atoms with E-state index >= 15 is 0 Å². The van der Waals surface area contributed by atoms with Crippen molar-refractivity contribution in [1.29, 1.82) is 0 Å². The van der Waals surface area contributed by atoms with Gasteiger partial charge in [0.15, 0.2) is 0 Å². The number of anilines is 1. The van der Waals surface area contributed by atoms with E-state index in [-0.39, 0.29) is 27.7 Å². The number of nitrogens with one attached hydrogen (secondary N) is 1. The molecular weight excluding hydrogens is 349 g/mol. The predicted molar refractivity (Wildman–Crippen MR) is 93.5 cm³/mol. The molecule has 4 rings (SSSR count). The second-order valence-electron chi connectivity index (χ2n) is 6.47. The first-order chi connectivity index (χ1) is 12.0. The molecule has 0 radical (unpaired) electrons. The van der Waals surface area contributed by atoms with Crippen molar-refractivity contribution in [2.45, 2.75) is 18.9 Å². The SMILES string of the molecule is O=C(O)c1cn(C2CC2)c2c(Cl)c(N3CCNCC3)c(F)cc2c1=O. The molecule has 2 heterocycles. The van der Waals surface area contributed by atoms with Gasteiger partial charge in [-0.2, -0.15) is 0 Å². The Morgan fingerprint density at radius 2 is 2.00 bits per heavy atom. The van der Waals surface area contributed by atoms with Crippen molar-refractivity contribution in [3.05, 3.63) is 38.9 Å². The maximum absolute atomic E-state index is 14.8. The fraction of sp³-hybridized carbons (Fsp3) is 0.412. The van der Waals surface area contributed by atoms with Crippen LogP contribution in [-0.4, -0.2) is 41.8 Å². The van der Waals surface area contributed by atoms with Gasteiger partial charge in [-0.1, -0.05) is 11.6 Å². The third-order valence-electron chi connectivity index (χ3n) is 4.79. The summed E-state index contributed by atoms with van der Waals surface area (Å²) >= 11 is 6.55. The van der Waals surface area contributed by atoms with Gasteiger partial charge in [0.2, 0.25) is 5.43 Å². The van der Waals surface area contributed by atoms with Crippen LogP contribution >= 0.6 is 11.6 Å². The normalized spacial score (nSPS) is 17.9. The van der Waals surface area contributed by atoms with Crippen LogP contribution < -0.4 is 15.6 Å². The van der Waals surface area contributed by atoms with E-state index in [9.17, 15) is 19.1 Å². The van der Waals surface area contributed by atoms with Gasteiger partial charge in [0.25, 0.3) is 0 Å². The first kappa shape index (κ1) is 16.4. The number of hydrogen-bond donors (Lipinski definition) is 2. The largest absolute Gasteiger partial charge is 0.477 e. The summed E-state index contributed by atoms with van der Waals surface area (Å²) in [4.78, 5) is 25.8. The summed E-state index contributed by atoms with van der Waals surface area (Å²) in [6.45, 7) is 2.68. The molecule has 0 unspecified atom stereocenters. The number of aromatic nitrogens is 1. The lowest BCUT2D eigenvalue weighted by atomic mass is 10.1. The zero-order chi connectivity index (χ0) is 17.7. The molecule has 1 aromatic carbocycles. The van der Waals surface area contributed by atoms with Crippen molar-refractivity contribution < 1.29 is 14.3 Å². The number of nitrogens with zero attached hydrogens (tertiary/aromatic N) is 2. The highest BCUT2D eigenvalue weighted by Crippen LogP contribution is 2.42. The Kier molecular flexibility index (Phi) is 3.92. The van der Waals surface area contributed by atoms with Crippen LogP contribution in [0.4, 0.5) is 10.1 Å². The zero-order valence-electron chi connectivity index (χ0n) is 13.4. The summed E-state index contributed by atoms with van der Waals surface area (Å²) in [5, 5.41) is 12.7. The molecule has 132 valence electrons. The summed E-state index contributed by atoms with van der Waals surface area (Å²) in [7, 11) is 0. The second-order valence-corrected chi connectivity index (χ2v) is 6.85. The lowest BCUT2D eigenvalue weighted by Gasteiger charge is -2.31. The summed E-state index contributed by atoms with van der Waals surface area (Å²) < 4.78 is 16.5.